The normalized spacial score (nSPS) is 12.4. The Balaban J connectivity index is 1.41. The van der Waals surface area contributed by atoms with E-state index in [1.54, 1.807) is 0 Å². The van der Waals surface area contributed by atoms with Crippen molar-refractivity contribution < 1.29 is 8.83 Å². The first-order chi connectivity index (χ1) is 21.1. The van der Waals surface area contributed by atoms with Crippen molar-refractivity contribution in [1.82, 2.24) is 4.98 Å². The molecule has 2 heterocycles. The fourth-order valence-corrected chi connectivity index (χ4v) is 8.86. The fourth-order valence-electron chi connectivity index (χ4n) is 6.42. The van der Waals surface area contributed by atoms with Crippen LogP contribution in [0.2, 0.25) is 17.3 Å². The molecular weight excluding hydrogens is 599 g/mol. The first-order valence-corrected chi connectivity index (χ1v) is 23.0. The second-order valence-electron chi connectivity index (χ2n) is 13.6. The fraction of sp³-hybridized carbons (Fsp3) is 0.225. The average molecular weight is 638 g/mol. The Bertz CT molecular complexity index is 2130. The van der Waals surface area contributed by atoms with Crippen molar-refractivity contribution in [2.24, 2.45) is 0 Å². The molecule has 7 aromatic rings. The molecule has 0 N–H and O–H groups in total. The molecule has 2 aromatic heterocycles. The van der Waals surface area contributed by atoms with E-state index in [0.29, 0.717) is 17.7 Å². The molecule has 0 spiro atoms. The summed E-state index contributed by atoms with van der Waals surface area (Å²) in [5, 5.41) is 2.17. The van der Waals surface area contributed by atoms with Gasteiger partial charge in [0.1, 0.15) is 11.2 Å². The number of fused-ring (bicyclic) bond motifs is 4. The summed E-state index contributed by atoms with van der Waals surface area (Å²) in [5.41, 5.74) is 11.8. The SMILES string of the molecule is CC(C)c1cc(-c2cc[c]([Ge]([CH3])([CH3])[CH3])cc2)cc(C(C)C)c1-c1cccc2nc(-c3cccc4c3oc3ccccc34)oc12. The summed E-state index contributed by atoms with van der Waals surface area (Å²) in [7, 11) is 0. The van der Waals surface area contributed by atoms with Gasteiger partial charge < -0.3 is 4.42 Å². The first-order valence-electron chi connectivity index (χ1n) is 15.7. The second kappa shape index (κ2) is 10.8. The third-order valence-electron chi connectivity index (χ3n) is 8.85. The standard InChI is InChI=1S/C40H39GeNO2/c1-24(2)33-22-27(26-18-20-28(21-19-26)41(5,6)7)23-34(25(3)4)37(33)31-14-11-16-35-39(31)44-40(42-35)32-15-10-13-30-29-12-8-9-17-36(29)43-38(30)32/h8-25H,1-7H3. The van der Waals surface area contributed by atoms with Crippen LogP contribution in [-0.4, -0.2) is 18.3 Å². The molecule has 0 radical (unpaired) electrons. The van der Waals surface area contributed by atoms with Crippen LogP contribution in [0.3, 0.4) is 0 Å². The van der Waals surface area contributed by atoms with Gasteiger partial charge in [-0.05, 0) is 12.1 Å². The summed E-state index contributed by atoms with van der Waals surface area (Å²) in [6.45, 7) is 9.16. The molecule has 0 saturated carbocycles. The molecule has 0 bridgehead atoms. The molecule has 0 aliphatic rings. The van der Waals surface area contributed by atoms with Gasteiger partial charge in [0.2, 0.25) is 0 Å². The van der Waals surface area contributed by atoms with Crippen LogP contribution < -0.4 is 4.40 Å². The molecule has 3 nitrogen and oxygen atoms in total. The Kier molecular flexibility index (Phi) is 7.05. The van der Waals surface area contributed by atoms with Gasteiger partial charge in [-0.2, -0.15) is 0 Å². The van der Waals surface area contributed by atoms with E-state index in [9.17, 15) is 0 Å². The van der Waals surface area contributed by atoms with E-state index < -0.39 is 13.3 Å². The van der Waals surface area contributed by atoms with Crippen LogP contribution in [0.1, 0.15) is 50.7 Å². The van der Waals surface area contributed by atoms with Crippen molar-refractivity contribution >= 4 is 50.7 Å². The number of aromatic nitrogens is 1. The molecule has 0 unspecified atom stereocenters. The zero-order valence-electron chi connectivity index (χ0n) is 26.7. The van der Waals surface area contributed by atoms with Crippen LogP contribution in [0.4, 0.5) is 0 Å². The number of rotatable bonds is 6. The van der Waals surface area contributed by atoms with E-state index >= 15 is 0 Å². The third-order valence-corrected chi connectivity index (χ3v) is 13.2. The molecule has 0 saturated heterocycles. The molecule has 4 heteroatoms. The predicted molar refractivity (Wildman–Crippen MR) is 189 cm³/mol. The van der Waals surface area contributed by atoms with Gasteiger partial charge in [0, 0.05) is 10.8 Å². The molecular formula is C40H39GeNO2. The maximum absolute atomic E-state index is 6.71. The predicted octanol–water partition coefficient (Wildman–Crippen LogP) is 11.5. The number of nitrogens with zero attached hydrogens (tertiary/aromatic N) is 1. The second-order valence-corrected chi connectivity index (χ2v) is 24.3. The van der Waals surface area contributed by atoms with Crippen molar-refractivity contribution in [3.8, 4) is 33.7 Å². The minimum atomic E-state index is -1.88. The molecule has 44 heavy (non-hydrogen) atoms. The van der Waals surface area contributed by atoms with Crippen molar-refractivity contribution in [3.63, 3.8) is 0 Å². The monoisotopic (exact) mass is 639 g/mol. The summed E-state index contributed by atoms with van der Waals surface area (Å²) in [4.78, 5) is 5.01. The Morgan fingerprint density at radius 2 is 1.23 bits per heavy atom. The summed E-state index contributed by atoms with van der Waals surface area (Å²) in [6, 6.07) is 34.8. The minimum absolute atomic E-state index is 0.327. The number of oxazole rings is 1. The maximum atomic E-state index is 6.71. The molecule has 0 aliphatic heterocycles. The Hall–Kier alpha value is -4.09. The van der Waals surface area contributed by atoms with Crippen LogP contribution in [0, 0.1) is 0 Å². The topological polar surface area (TPSA) is 39.2 Å². The molecule has 0 amide bonds. The van der Waals surface area contributed by atoms with E-state index in [0.717, 1.165) is 44.2 Å². The van der Waals surface area contributed by atoms with Gasteiger partial charge >= 0.3 is 189 Å². The first kappa shape index (κ1) is 28.7. The molecule has 0 atom stereocenters. The van der Waals surface area contributed by atoms with Gasteiger partial charge in [-0.3, -0.25) is 0 Å². The van der Waals surface area contributed by atoms with Gasteiger partial charge in [-0.1, -0.05) is 30.3 Å². The zero-order chi connectivity index (χ0) is 30.7. The Morgan fingerprint density at radius 1 is 0.591 bits per heavy atom. The van der Waals surface area contributed by atoms with Crippen LogP contribution in [0.15, 0.2) is 106 Å². The van der Waals surface area contributed by atoms with Gasteiger partial charge in [0.15, 0.2) is 0 Å². The summed E-state index contributed by atoms with van der Waals surface area (Å²) in [5.74, 6) is 8.58. The zero-order valence-corrected chi connectivity index (χ0v) is 28.8. The number of benzene rings is 5. The van der Waals surface area contributed by atoms with E-state index in [-0.39, 0.29) is 0 Å². The Labute approximate surface area is 262 Å². The van der Waals surface area contributed by atoms with Gasteiger partial charge in [0.25, 0.3) is 0 Å². The van der Waals surface area contributed by atoms with Crippen LogP contribution >= 0.6 is 0 Å². The van der Waals surface area contributed by atoms with Crippen molar-refractivity contribution in [3.05, 3.63) is 108 Å². The van der Waals surface area contributed by atoms with E-state index in [2.05, 4.69) is 112 Å². The van der Waals surface area contributed by atoms with Gasteiger partial charge in [0.05, 0.1) is 5.56 Å². The summed E-state index contributed by atoms with van der Waals surface area (Å²) in [6.07, 6.45) is 0. The van der Waals surface area contributed by atoms with Crippen LogP contribution in [0.25, 0.3) is 66.7 Å². The number of hydrogen-bond acceptors (Lipinski definition) is 3. The summed E-state index contributed by atoms with van der Waals surface area (Å²) >= 11 is -1.88. The van der Waals surface area contributed by atoms with E-state index in [1.807, 2.05) is 30.3 Å². The van der Waals surface area contributed by atoms with E-state index in [4.69, 9.17) is 13.8 Å². The average Bonchev–Trinajstić information content (AvgIpc) is 3.62. The third kappa shape index (κ3) is 4.88. The van der Waals surface area contributed by atoms with Crippen molar-refractivity contribution in [2.45, 2.75) is 56.8 Å². The van der Waals surface area contributed by atoms with Gasteiger partial charge in [-0.25, -0.2) is 0 Å². The number of para-hydroxylation sites is 3. The van der Waals surface area contributed by atoms with Gasteiger partial charge in [-0.15, -0.1) is 0 Å². The molecule has 7 rings (SSSR count). The summed E-state index contributed by atoms with van der Waals surface area (Å²) < 4.78 is 14.6. The number of furan rings is 1. The van der Waals surface area contributed by atoms with E-state index in [1.165, 1.54) is 32.2 Å². The molecule has 5 aromatic carbocycles. The van der Waals surface area contributed by atoms with Crippen LogP contribution in [0.5, 0.6) is 0 Å². The Morgan fingerprint density at radius 3 is 1.91 bits per heavy atom. The van der Waals surface area contributed by atoms with Crippen molar-refractivity contribution in [2.75, 3.05) is 0 Å². The van der Waals surface area contributed by atoms with Crippen molar-refractivity contribution in [1.29, 1.82) is 0 Å². The molecule has 220 valence electrons. The van der Waals surface area contributed by atoms with Crippen LogP contribution in [-0.2, 0) is 0 Å². The quantitative estimate of drug-likeness (QED) is 0.170. The number of hydrogen-bond donors (Lipinski definition) is 0. The molecule has 0 fully saturated rings. The molecule has 0 aliphatic carbocycles.